The van der Waals surface area contributed by atoms with Gasteiger partial charge >= 0.3 is 0 Å². The molecule has 0 spiro atoms. The number of hydrogen-bond acceptors (Lipinski definition) is 3. The van der Waals surface area contributed by atoms with Crippen LogP contribution in [0.15, 0.2) is 18.2 Å². The van der Waals surface area contributed by atoms with Gasteiger partial charge in [0.2, 0.25) is 11.8 Å². The van der Waals surface area contributed by atoms with Crippen molar-refractivity contribution in [3.63, 3.8) is 0 Å². The molecule has 0 aliphatic carbocycles. The van der Waals surface area contributed by atoms with Crippen LogP contribution in [0.1, 0.15) is 46.1 Å². The first kappa shape index (κ1) is 20.3. The summed E-state index contributed by atoms with van der Waals surface area (Å²) in [5.74, 6) is 0.257. The first-order valence-corrected chi connectivity index (χ1v) is 9.82. The second-order valence-electron chi connectivity index (χ2n) is 7.42. The van der Waals surface area contributed by atoms with Gasteiger partial charge in [-0.3, -0.25) is 9.59 Å². The predicted octanol–water partition coefficient (Wildman–Crippen LogP) is 3.67. The summed E-state index contributed by atoms with van der Waals surface area (Å²) in [5, 5.41) is 3.09. The number of carbonyl (C=O) groups excluding carboxylic acids is 2. The molecule has 0 saturated carbocycles. The van der Waals surface area contributed by atoms with Gasteiger partial charge < -0.3 is 15.1 Å². The summed E-state index contributed by atoms with van der Waals surface area (Å²) >= 11 is 0. The standard InChI is InChI=1S/C21H33N3O2/c1-6-23(7-2)18-8-9-19(16(5)14-18)22-20(25)17-10-12-24(13-11-17)21(26)15(3)4/h8-9,14-15,17H,6-7,10-13H2,1-5H3,(H,22,25). The molecule has 5 nitrogen and oxygen atoms in total. The van der Waals surface area contributed by atoms with Gasteiger partial charge in [0.25, 0.3) is 0 Å². The molecule has 5 heteroatoms. The Labute approximate surface area is 157 Å². The van der Waals surface area contributed by atoms with Crippen LogP contribution in [0.2, 0.25) is 0 Å². The third kappa shape index (κ3) is 4.77. The zero-order valence-electron chi connectivity index (χ0n) is 16.8. The van der Waals surface area contributed by atoms with E-state index in [2.05, 4.69) is 36.2 Å². The normalized spacial score (nSPS) is 15.2. The second kappa shape index (κ2) is 9.06. The Kier molecular flexibility index (Phi) is 7.06. The van der Waals surface area contributed by atoms with Crippen molar-refractivity contribution < 1.29 is 9.59 Å². The van der Waals surface area contributed by atoms with Crippen LogP contribution in [0.25, 0.3) is 0 Å². The van der Waals surface area contributed by atoms with Gasteiger partial charge in [0, 0.05) is 49.4 Å². The molecule has 26 heavy (non-hydrogen) atoms. The van der Waals surface area contributed by atoms with Gasteiger partial charge in [-0.25, -0.2) is 0 Å². The lowest BCUT2D eigenvalue weighted by Gasteiger charge is -2.32. The van der Waals surface area contributed by atoms with Crippen molar-refractivity contribution in [1.82, 2.24) is 4.90 Å². The van der Waals surface area contributed by atoms with E-state index in [-0.39, 0.29) is 23.7 Å². The maximum atomic E-state index is 12.6. The number of benzene rings is 1. The average molecular weight is 360 g/mol. The van der Waals surface area contributed by atoms with E-state index in [9.17, 15) is 9.59 Å². The summed E-state index contributed by atoms with van der Waals surface area (Å²) in [7, 11) is 0. The highest BCUT2D eigenvalue weighted by Crippen LogP contribution is 2.25. The van der Waals surface area contributed by atoms with Crippen LogP contribution in [0.4, 0.5) is 11.4 Å². The van der Waals surface area contributed by atoms with Crippen LogP contribution in [0.5, 0.6) is 0 Å². The number of anilines is 2. The Bertz CT molecular complexity index is 630. The van der Waals surface area contributed by atoms with Crippen LogP contribution in [-0.2, 0) is 9.59 Å². The lowest BCUT2D eigenvalue weighted by atomic mass is 9.95. The molecule has 1 saturated heterocycles. The molecule has 0 radical (unpaired) electrons. The van der Waals surface area contributed by atoms with Crippen molar-refractivity contribution >= 4 is 23.2 Å². The Morgan fingerprint density at radius 1 is 1.19 bits per heavy atom. The number of rotatable bonds is 6. The predicted molar refractivity (Wildman–Crippen MR) is 108 cm³/mol. The summed E-state index contributed by atoms with van der Waals surface area (Å²) in [6, 6.07) is 6.20. The molecule has 1 heterocycles. The number of nitrogens with one attached hydrogen (secondary N) is 1. The topological polar surface area (TPSA) is 52.7 Å². The molecular formula is C21H33N3O2. The van der Waals surface area contributed by atoms with Gasteiger partial charge in [-0.2, -0.15) is 0 Å². The molecule has 0 unspecified atom stereocenters. The fourth-order valence-corrected chi connectivity index (χ4v) is 3.54. The second-order valence-corrected chi connectivity index (χ2v) is 7.42. The fourth-order valence-electron chi connectivity index (χ4n) is 3.54. The van der Waals surface area contributed by atoms with Gasteiger partial charge in [0.15, 0.2) is 0 Å². The molecule has 2 rings (SSSR count). The molecule has 1 N–H and O–H groups in total. The van der Waals surface area contributed by atoms with E-state index in [1.54, 1.807) is 0 Å². The van der Waals surface area contributed by atoms with Gasteiger partial charge in [-0.15, -0.1) is 0 Å². The van der Waals surface area contributed by atoms with Gasteiger partial charge in [-0.05, 0) is 57.4 Å². The smallest absolute Gasteiger partial charge is 0.227 e. The van der Waals surface area contributed by atoms with E-state index in [1.807, 2.05) is 31.7 Å². The Morgan fingerprint density at radius 3 is 2.31 bits per heavy atom. The Balaban J connectivity index is 1.95. The van der Waals surface area contributed by atoms with E-state index >= 15 is 0 Å². The zero-order valence-corrected chi connectivity index (χ0v) is 16.8. The summed E-state index contributed by atoms with van der Waals surface area (Å²) in [6.45, 7) is 13.5. The number of amides is 2. The number of carbonyl (C=O) groups is 2. The molecule has 0 bridgehead atoms. The van der Waals surface area contributed by atoms with E-state index < -0.39 is 0 Å². The number of hydrogen-bond donors (Lipinski definition) is 1. The maximum Gasteiger partial charge on any atom is 0.227 e. The molecule has 1 aromatic rings. The highest BCUT2D eigenvalue weighted by Gasteiger charge is 2.28. The van der Waals surface area contributed by atoms with Crippen molar-refractivity contribution in [2.24, 2.45) is 11.8 Å². The van der Waals surface area contributed by atoms with Crippen molar-refractivity contribution in [3.05, 3.63) is 23.8 Å². The molecule has 0 aromatic heterocycles. The van der Waals surface area contributed by atoms with Crippen LogP contribution < -0.4 is 10.2 Å². The monoisotopic (exact) mass is 359 g/mol. The van der Waals surface area contributed by atoms with Crippen molar-refractivity contribution in [1.29, 1.82) is 0 Å². The SMILES string of the molecule is CCN(CC)c1ccc(NC(=O)C2CCN(C(=O)C(C)C)CC2)c(C)c1. The molecule has 0 atom stereocenters. The van der Waals surface area contributed by atoms with Crippen molar-refractivity contribution in [2.75, 3.05) is 36.4 Å². The summed E-state index contributed by atoms with van der Waals surface area (Å²) in [5.41, 5.74) is 3.15. The molecule has 1 aromatic carbocycles. The largest absolute Gasteiger partial charge is 0.372 e. The molecule has 1 aliphatic rings. The number of nitrogens with zero attached hydrogens (tertiary/aromatic N) is 2. The van der Waals surface area contributed by atoms with Crippen molar-refractivity contribution in [2.45, 2.75) is 47.5 Å². The summed E-state index contributed by atoms with van der Waals surface area (Å²) in [4.78, 5) is 28.9. The quantitative estimate of drug-likeness (QED) is 0.843. The molecule has 1 fully saturated rings. The van der Waals surface area contributed by atoms with Crippen LogP contribution in [0.3, 0.4) is 0 Å². The third-order valence-corrected chi connectivity index (χ3v) is 5.27. The summed E-state index contributed by atoms with van der Waals surface area (Å²) < 4.78 is 0. The average Bonchev–Trinajstić information content (AvgIpc) is 2.64. The van der Waals surface area contributed by atoms with E-state index in [4.69, 9.17) is 0 Å². The zero-order chi connectivity index (χ0) is 19.3. The van der Waals surface area contributed by atoms with Gasteiger partial charge in [-0.1, -0.05) is 13.8 Å². The summed E-state index contributed by atoms with van der Waals surface area (Å²) in [6.07, 6.45) is 1.47. The van der Waals surface area contributed by atoms with Crippen LogP contribution in [0, 0.1) is 18.8 Å². The highest BCUT2D eigenvalue weighted by atomic mass is 16.2. The molecule has 144 valence electrons. The first-order valence-electron chi connectivity index (χ1n) is 9.82. The minimum Gasteiger partial charge on any atom is -0.372 e. The first-order chi connectivity index (χ1) is 12.4. The molecule has 1 aliphatic heterocycles. The minimum atomic E-state index is -0.0203. The Hall–Kier alpha value is -2.04. The highest BCUT2D eigenvalue weighted by molar-refractivity contribution is 5.93. The number of aryl methyl sites for hydroxylation is 1. The van der Waals surface area contributed by atoms with Crippen LogP contribution in [-0.4, -0.2) is 42.9 Å². The molecular weight excluding hydrogens is 326 g/mol. The fraction of sp³-hybridized carbons (Fsp3) is 0.619. The van der Waals surface area contributed by atoms with E-state index in [1.165, 1.54) is 5.69 Å². The van der Waals surface area contributed by atoms with Gasteiger partial charge in [0.1, 0.15) is 0 Å². The number of likely N-dealkylation sites (tertiary alicyclic amines) is 1. The lowest BCUT2D eigenvalue weighted by molar-refractivity contribution is -0.137. The Morgan fingerprint density at radius 2 is 1.81 bits per heavy atom. The lowest BCUT2D eigenvalue weighted by Crippen LogP contribution is -2.43. The minimum absolute atomic E-state index is 0.0203. The maximum absolute atomic E-state index is 12.6. The van der Waals surface area contributed by atoms with Crippen LogP contribution >= 0.6 is 0 Å². The van der Waals surface area contributed by atoms with E-state index in [0.29, 0.717) is 13.1 Å². The third-order valence-electron chi connectivity index (χ3n) is 5.27. The molecule has 2 amide bonds. The van der Waals surface area contributed by atoms with Gasteiger partial charge in [0.05, 0.1) is 0 Å². The number of piperidine rings is 1. The van der Waals surface area contributed by atoms with Crippen molar-refractivity contribution in [3.8, 4) is 0 Å². The van der Waals surface area contributed by atoms with E-state index in [0.717, 1.165) is 37.2 Å².